The van der Waals surface area contributed by atoms with E-state index in [4.69, 9.17) is 28.4 Å². The summed E-state index contributed by atoms with van der Waals surface area (Å²) in [4.78, 5) is 80.4. The Bertz CT molecular complexity index is 1650. The van der Waals surface area contributed by atoms with Gasteiger partial charge in [-0.2, -0.15) is 0 Å². The number of ketones is 1. The van der Waals surface area contributed by atoms with Crippen LogP contribution in [0.1, 0.15) is 82.6 Å². The van der Waals surface area contributed by atoms with Crippen LogP contribution in [-0.2, 0) is 57.2 Å². The van der Waals surface area contributed by atoms with Gasteiger partial charge >= 0.3 is 29.8 Å². The van der Waals surface area contributed by atoms with E-state index in [1.165, 1.54) is 27.7 Å². The molecule has 4 unspecified atom stereocenters. The second-order valence-electron chi connectivity index (χ2n) is 17.6. The zero-order chi connectivity index (χ0) is 38.6. The first-order valence-corrected chi connectivity index (χ1v) is 20.1. The lowest BCUT2D eigenvalue weighted by atomic mass is 9.38. The van der Waals surface area contributed by atoms with Crippen LogP contribution < -0.4 is 0 Å². The standard InChI is InChI=1S/C38H50Br2O12/c1-13-15(3)34(8)24-14(2)31(39)38(40)36(10,37(11,33(46)52-38)51-19(7)44)26(24)30(48-17(5)42)25(34)22-23(13)35(9)20(27(45)29(22)47-16(4)41)12-21-28(50-21)32(35)49-18(6)43/h13-15,20-26,28-32H,12H2,1-11H3/t13?,14-,15-,20+,21-,22+,23?,24-,25+,26-,28-,29+,30+,31?,32-,34+,35-,36-,37+,38?/m0/s1. The van der Waals surface area contributed by atoms with E-state index in [0.717, 1.165) is 0 Å². The van der Waals surface area contributed by atoms with Crippen molar-refractivity contribution in [3.05, 3.63) is 0 Å². The molecule has 7 fully saturated rings. The summed E-state index contributed by atoms with van der Waals surface area (Å²) in [6, 6.07) is 0. The van der Waals surface area contributed by atoms with Crippen LogP contribution in [0.2, 0.25) is 0 Å². The minimum atomic E-state index is -1.81. The lowest BCUT2D eigenvalue weighted by molar-refractivity contribution is -0.239. The van der Waals surface area contributed by atoms with Gasteiger partial charge in [-0.1, -0.05) is 50.5 Å². The van der Waals surface area contributed by atoms with E-state index in [2.05, 4.69) is 59.6 Å². The third kappa shape index (κ3) is 4.46. The molecule has 14 heteroatoms. The normalized spacial score (nSPS) is 55.2. The molecule has 2 aliphatic heterocycles. The molecule has 0 spiro atoms. The molecule has 288 valence electrons. The van der Waals surface area contributed by atoms with Crippen LogP contribution in [0.3, 0.4) is 0 Å². The van der Waals surface area contributed by atoms with E-state index < -0.39 is 103 Å². The minimum absolute atomic E-state index is 0.0992. The molecule has 0 bridgehead atoms. The largest absolute Gasteiger partial charge is 0.462 e. The van der Waals surface area contributed by atoms with Gasteiger partial charge in [-0.05, 0) is 71.2 Å². The maximum atomic E-state index is 15.0. The Balaban J connectivity index is 1.52. The molecule has 0 aromatic carbocycles. The fourth-order valence-corrected chi connectivity index (χ4v) is 15.8. The number of Topliss-reactive ketones (excluding diaryl/α,β-unsaturated/α-hetero) is 1. The van der Waals surface area contributed by atoms with Crippen LogP contribution >= 0.6 is 31.9 Å². The van der Waals surface area contributed by atoms with Crippen molar-refractivity contribution in [3.63, 3.8) is 0 Å². The number of epoxide rings is 1. The van der Waals surface area contributed by atoms with Crippen LogP contribution in [0, 0.1) is 69.5 Å². The monoisotopic (exact) mass is 856 g/mol. The third-order valence-electron chi connectivity index (χ3n) is 15.8. The predicted octanol–water partition coefficient (Wildman–Crippen LogP) is 4.93. The minimum Gasteiger partial charge on any atom is -0.462 e. The SMILES string of the molecule is CC(=O)O[C@@H]1[C@H]2[C@H]3C(C(C)[C@H](C)[C@]2(C)[C@@H]2[C@@H]1[C@]1(C)C(Br)(OC(=O)[C@@]1(C)OC(C)=O)C(Br)[C@H]2C)[C@]1(C)[C@H](C[C@@H]2O[C@@H]2[C@@H]1OC(C)=O)C(=O)[C@@H]3OC(C)=O. The highest BCUT2D eigenvalue weighted by molar-refractivity contribution is 9.12. The molecule has 0 aromatic heterocycles. The molecule has 5 aliphatic carbocycles. The number of alkyl halides is 2. The fraction of sp³-hybridized carbons (Fsp3) is 0.842. The van der Waals surface area contributed by atoms with Gasteiger partial charge in [0.05, 0.1) is 16.3 Å². The third-order valence-corrected chi connectivity index (χ3v) is 19.3. The second-order valence-corrected chi connectivity index (χ2v) is 19.8. The highest BCUT2D eigenvalue weighted by atomic mass is 79.9. The first-order chi connectivity index (χ1) is 24.0. The first kappa shape index (κ1) is 38.2. The number of carbonyl (C=O) groups is 6. The van der Waals surface area contributed by atoms with Crippen molar-refractivity contribution in [2.45, 2.75) is 128 Å². The number of hydrogen-bond acceptors (Lipinski definition) is 12. The Morgan fingerprint density at radius 2 is 1.37 bits per heavy atom. The van der Waals surface area contributed by atoms with Gasteiger partial charge < -0.3 is 28.4 Å². The molecule has 2 heterocycles. The Kier molecular flexibility index (Phi) is 8.62. The van der Waals surface area contributed by atoms with Gasteiger partial charge in [-0.3, -0.25) is 24.0 Å². The molecule has 0 aromatic rings. The van der Waals surface area contributed by atoms with Crippen LogP contribution in [0.25, 0.3) is 0 Å². The van der Waals surface area contributed by atoms with E-state index in [1.54, 1.807) is 6.92 Å². The molecule has 2 saturated heterocycles. The summed E-state index contributed by atoms with van der Waals surface area (Å²) in [6.45, 7) is 19.2. The van der Waals surface area contributed by atoms with E-state index in [0.29, 0.717) is 6.42 Å². The Morgan fingerprint density at radius 1 is 0.769 bits per heavy atom. The summed E-state index contributed by atoms with van der Waals surface area (Å²) in [5, 5.41) is 0. The second kappa shape index (κ2) is 11.7. The number of fused-ring (bicyclic) bond motifs is 10. The van der Waals surface area contributed by atoms with Gasteiger partial charge in [0.25, 0.3) is 0 Å². The molecule has 0 N–H and O–H groups in total. The van der Waals surface area contributed by atoms with Crippen molar-refractivity contribution in [3.8, 4) is 0 Å². The van der Waals surface area contributed by atoms with Crippen LogP contribution in [0.5, 0.6) is 0 Å². The van der Waals surface area contributed by atoms with E-state index in [-0.39, 0.29) is 47.6 Å². The van der Waals surface area contributed by atoms with Crippen molar-refractivity contribution in [1.82, 2.24) is 0 Å². The fourth-order valence-electron chi connectivity index (χ4n) is 13.7. The van der Waals surface area contributed by atoms with E-state index >= 15 is 4.79 Å². The molecule has 12 nitrogen and oxygen atoms in total. The molecular formula is C38H50Br2O12. The Labute approximate surface area is 321 Å². The first-order valence-electron chi connectivity index (χ1n) is 18.4. The zero-order valence-electron chi connectivity index (χ0n) is 31.5. The summed E-state index contributed by atoms with van der Waals surface area (Å²) in [5.74, 6) is -7.01. The van der Waals surface area contributed by atoms with Gasteiger partial charge in [0.15, 0.2) is 16.4 Å². The summed E-state index contributed by atoms with van der Waals surface area (Å²) >= 11 is 7.82. The van der Waals surface area contributed by atoms with Gasteiger partial charge in [0.1, 0.15) is 18.3 Å². The Morgan fingerprint density at radius 3 is 1.92 bits per heavy atom. The quantitative estimate of drug-likeness (QED) is 0.163. The van der Waals surface area contributed by atoms with Crippen LogP contribution in [0.15, 0.2) is 0 Å². The smallest absolute Gasteiger partial charge is 0.352 e. The zero-order valence-corrected chi connectivity index (χ0v) is 34.7. The molecule has 7 rings (SSSR count). The van der Waals surface area contributed by atoms with Crippen molar-refractivity contribution in [2.75, 3.05) is 0 Å². The highest BCUT2D eigenvalue weighted by Gasteiger charge is 2.87. The maximum Gasteiger partial charge on any atom is 0.352 e. The van der Waals surface area contributed by atoms with Crippen molar-refractivity contribution >= 4 is 67.5 Å². The lowest BCUT2D eigenvalue weighted by Gasteiger charge is -2.66. The number of halogens is 2. The van der Waals surface area contributed by atoms with E-state index in [1.807, 2.05) is 13.8 Å². The molecule has 7 aliphatic rings. The van der Waals surface area contributed by atoms with Gasteiger partial charge in [0.2, 0.25) is 5.60 Å². The number of carbonyl (C=O) groups excluding carboxylic acids is 6. The summed E-state index contributed by atoms with van der Waals surface area (Å²) in [7, 11) is 0. The number of ether oxygens (including phenoxy) is 6. The van der Waals surface area contributed by atoms with Gasteiger partial charge in [-0.25, -0.2) is 4.79 Å². The molecular weight excluding hydrogens is 808 g/mol. The van der Waals surface area contributed by atoms with E-state index in [9.17, 15) is 24.0 Å². The van der Waals surface area contributed by atoms with Crippen molar-refractivity contribution in [1.29, 1.82) is 0 Å². The number of hydrogen-bond donors (Lipinski definition) is 0. The van der Waals surface area contributed by atoms with Crippen molar-refractivity contribution < 1.29 is 57.2 Å². The van der Waals surface area contributed by atoms with Gasteiger partial charge in [-0.15, -0.1) is 0 Å². The van der Waals surface area contributed by atoms with Gasteiger partial charge in [0, 0.05) is 56.8 Å². The number of esters is 5. The molecule has 0 radical (unpaired) electrons. The van der Waals surface area contributed by atoms with Crippen molar-refractivity contribution in [2.24, 2.45) is 69.5 Å². The van der Waals surface area contributed by atoms with Crippen LogP contribution in [0.4, 0.5) is 0 Å². The topological polar surface area (TPSA) is 161 Å². The highest BCUT2D eigenvalue weighted by Crippen LogP contribution is 2.80. The number of rotatable bonds is 4. The molecule has 5 saturated carbocycles. The molecule has 0 amide bonds. The summed E-state index contributed by atoms with van der Waals surface area (Å²) in [5.41, 5.74) is -4.78. The molecule has 52 heavy (non-hydrogen) atoms. The lowest BCUT2D eigenvalue weighted by Crippen LogP contribution is -2.71. The Hall–Kier alpha value is -2.06. The maximum absolute atomic E-state index is 15.0. The average Bonchev–Trinajstić information content (AvgIpc) is 3.72. The molecule has 20 atom stereocenters. The summed E-state index contributed by atoms with van der Waals surface area (Å²) in [6.07, 6.45) is -3.09. The van der Waals surface area contributed by atoms with Crippen LogP contribution in [-0.4, -0.2) is 81.1 Å². The average molecular weight is 859 g/mol. The summed E-state index contributed by atoms with van der Waals surface area (Å²) < 4.78 is 35.6. The predicted molar refractivity (Wildman–Crippen MR) is 188 cm³/mol.